The van der Waals surface area contributed by atoms with E-state index in [0.29, 0.717) is 28.8 Å². The van der Waals surface area contributed by atoms with Gasteiger partial charge < -0.3 is 10.6 Å². The third-order valence-corrected chi connectivity index (χ3v) is 3.56. The van der Waals surface area contributed by atoms with Gasteiger partial charge in [0.15, 0.2) is 5.96 Å². The van der Waals surface area contributed by atoms with Crippen molar-refractivity contribution in [1.29, 1.82) is 5.26 Å². The molecule has 124 valence electrons. The van der Waals surface area contributed by atoms with Gasteiger partial charge in [-0.2, -0.15) is 5.26 Å². The van der Waals surface area contributed by atoms with E-state index in [2.05, 4.69) is 20.6 Å². The molecule has 0 aliphatic heterocycles. The van der Waals surface area contributed by atoms with Crippen LogP contribution >= 0.6 is 11.6 Å². The third kappa shape index (κ3) is 5.21. The monoisotopic (exact) mass is 345 g/mol. The van der Waals surface area contributed by atoms with Gasteiger partial charge in [-0.1, -0.05) is 17.7 Å². The first-order chi connectivity index (χ1) is 11.6. The Morgan fingerprint density at radius 3 is 2.83 bits per heavy atom. The largest absolute Gasteiger partial charge is 0.356 e. The van der Waals surface area contributed by atoms with E-state index in [-0.39, 0.29) is 12.4 Å². The SMILES string of the molecule is CN=C(NCCc1ccc(Cl)nc1)NCc1cc(C#N)ccc1F. The number of hydrogen-bond acceptors (Lipinski definition) is 3. The molecule has 0 saturated carbocycles. The zero-order chi connectivity index (χ0) is 17.4. The van der Waals surface area contributed by atoms with E-state index in [4.69, 9.17) is 16.9 Å². The van der Waals surface area contributed by atoms with E-state index in [0.717, 1.165) is 12.0 Å². The highest BCUT2D eigenvalue weighted by Crippen LogP contribution is 2.09. The fourth-order valence-corrected chi connectivity index (χ4v) is 2.17. The van der Waals surface area contributed by atoms with Crippen molar-refractivity contribution in [3.05, 3.63) is 64.2 Å². The summed E-state index contributed by atoms with van der Waals surface area (Å²) in [5, 5.41) is 15.5. The van der Waals surface area contributed by atoms with Gasteiger partial charge in [0.1, 0.15) is 11.0 Å². The van der Waals surface area contributed by atoms with Crippen molar-refractivity contribution >= 4 is 17.6 Å². The van der Waals surface area contributed by atoms with Crippen LogP contribution in [0.1, 0.15) is 16.7 Å². The van der Waals surface area contributed by atoms with Gasteiger partial charge in [-0.3, -0.25) is 4.99 Å². The van der Waals surface area contributed by atoms with Crippen LogP contribution in [-0.2, 0) is 13.0 Å². The van der Waals surface area contributed by atoms with E-state index in [1.165, 1.54) is 18.2 Å². The molecular formula is C17H17ClFN5. The zero-order valence-electron chi connectivity index (χ0n) is 13.2. The molecule has 5 nitrogen and oxygen atoms in total. The minimum absolute atomic E-state index is 0.240. The van der Waals surface area contributed by atoms with Crippen LogP contribution in [0, 0.1) is 17.1 Å². The van der Waals surface area contributed by atoms with Crippen LogP contribution in [-0.4, -0.2) is 24.5 Å². The molecule has 2 aromatic rings. The summed E-state index contributed by atoms with van der Waals surface area (Å²) in [7, 11) is 1.64. The Bertz CT molecular complexity index is 753. The number of rotatable bonds is 5. The van der Waals surface area contributed by atoms with Crippen LogP contribution in [0.5, 0.6) is 0 Å². The number of guanidine groups is 1. The van der Waals surface area contributed by atoms with Gasteiger partial charge in [0.2, 0.25) is 0 Å². The van der Waals surface area contributed by atoms with Crippen molar-refractivity contribution in [2.75, 3.05) is 13.6 Å². The van der Waals surface area contributed by atoms with Gasteiger partial charge in [0.25, 0.3) is 0 Å². The molecule has 0 spiro atoms. The van der Waals surface area contributed by atoms with Crippen molar-refractivity contribution in [2.24, 2.45) is 4.99 Å². The lowest BCUT2D eigenvalue weighted by atomic mass is 10.1. The maximum absolute atomic E-state index is 13.7. The fourth-order valence-electron chi connectivity index (χ4n) is 2.06. The quantitative estimate of drug-likeness (QED) is 0.496. The van der Waals surface area contributed by atoms with Crippen molar-refractivity contribution in [2.45, 2.75) is 13.0 Å². The van der Waals surface area contributed by atoms with E-state index >= 15 is 0 Å². The molecule has 2 rings (SSSR count). The lowest BCUT2D eigenvalue weighted by Crippen LogP contribution is -2.38. The summed E-state index contributed by atoms with van der Waals surface area (Å²) in [5.74, 6) is 0.197. The number of nitrogens with zero attached hydrogens (tertiary/aromatic N) is 3. The molecule has 7 heteroatoms. The molecule has 0 aliphatic carbocycles. The maximum atomic E-state index is 13.7. The average molecular weight is 346 g/mol. The van der Waals surface area contributed by atoms with Crippen molar-refractivity contribution < 1.29 is 4.39 Å². The van der Waals surface area contributed by atoms with Crippen LogP contribution in [0.15, 0.2) is 41.5 Å². The molecule has 0 atom stereocenters. The minimum atomic E-state index is -0.357. The van der Waals surface area contributed by atoms with Gasteiger partial charge in [-0.25, -0.2) is 9.37 Å². The molecule has 0 aliphatic rings. The molecule has 0 saturated heterocycles. The molecule has 1 heterocycles. The molecule has 0 unspecified atom stereocenters. The first-order valence-electron chi connectivity index (χ1n) is 7.36. The predicted octanol–water partition coefficient (Wildman–Crippen LogP) is 2.65. The molecule has 0 radical (unpaired) electrons. The van der Waals surface area contributed by atoms with Crippen molar-refractivity contribution in [3.8, 4) is 6.07 Å². The van der Waals surface area contributed by atoms with Crippen LogP contribution in [0.4, 0.5) is 4.39 Å². The topological polar surface area (TPSA) is 73.1 Å². The van der Waals surface area contributed by atoms with Crippen molar-refractivity contribution in [3.63, 3.8) is 0 Å². The highest BCUT2D eigenvalue weighted by molar-refractivity contribution is 6.29. The molecule has 0 amide bonds. The molecule has 0 bridgehead atoms. The standard InChI is InChI=1S/C17H17ClFN5/c1-21-17(22-7-6-12-3-5-16(18)23-10-12)24-11-14-8-13(9-20)2-4-15(14)19/h2-5,8,10H,6-7,11H2,1H3,(H2,21,22,24). The number of benzene rings is 1. The molecule has 2 N–H and O–H groups in total. The first kappa shape index (κ1) is 17.7. The molecule has 1 aromatic carbocycles. The fraction of sp³-hybridized carbons (Fsp3) is 0.235. The normalized spacial score (nSPS) is 11.0. The minimum Gasteiger partial charge on any atom is -0.356 e. The van der Waals surface area contributed by atoms with Gasteiger partial charge >= 0.3 is 0 Å². The summed E-state index contributed by atoms with van der Waals surface area (Å²) in [4.78, 5) is 8.11. The van der Waals surface area contributed by atoms with Crippen molar-refractivity contribution in [1.82, 2.24) is 15.6 Å². The second-order valence-electron chi connectivity index (χ2n) is 5.01. The smallest absolute Gasteiger partial charge is 0.191 e. The second-order valence-corrected chi connectivity index (χ2v) is 5.40. The Morgan fingerprint density at radius 2 is 2.17 bits per heavy atom. The van der Waals surface area contributed by atoms with Gasteiger partial charge in [-0.05, 0) is 36.2 Å². The average Bonchev–Trinajstić information content (AvgIpc) is 2.60. The van der Waals surface area contributed by atoms with Gasteiger partial charge in [0, 0.05) is 31.9 Å². The number of aliphatic imine (C=N–C) groups is 1. The van der Waals surface area contributed by atoms with E-state index < -0.39 is 0 Å². The number of nitrogens with one attached hydrogen (secondary N) is 2. The summed E-state index contributed by atoms with van der Waals surface area (Å²) in [5.41, 5.74) is 1.89. The lowest BCUT2D eigenvalue weighted by molar-refractivity contribution is 0.604. The van der Waals surface area contributed by atoms with Gasteiger partial charge in [0.05, 0.1) is 11.6 Å². The van der Waals surface area contributed by atoms with E-state index in [1.54, 1.807) is 19.3 Å². The van der Waals surface area contributed by atoms with Crippen LogP contribution in [0.3, 0.4) is 0 Å². The molecule has 0 fully saturated rings. The Morgan fingerprint density at radius 1 is 1.33 bits per heavy atom. The summed E-state index contributed by atoms with van der Waals surface area (Å²) in [6.07, 6.45) is 2.48. The first-order valence-corrected chi connectivity index (χ1v) is 7.73. The summed E-state index contributed by atoms with van der Waals surface area (Å²) in [6.45, 7) is 0.882. The van der Waals surface area contributed by atoms with E-state index in [1.807, 2.05) is 12.1 Å². The highest BCUT2D eigenvalue weighted by Gasteiger charge is 2.05. The molecule has 24 heavy (non-hydrogen) atoms. The maximum Gasteiger partial charge on any atom is 0.191 e. The summed E-state index contributed by atoms with van der Waals surface area (Å²) >= 11 is 5.75. The number of hydrogen-bond donors (Lipinski definition) is 2. The van der Waals surface area contributed by atoms with Crippen LogP contribution < -0.4 is 10.6 Å². The Kier molecular flexibility index (Phi) is 6.52. The highest BCUT2D eigenvalue weighted by atomic mass is 35.5. The van der Waals surface area contributed by atoms with E-state index in [9.17, 15) is 4.39 Å². The zero-order valence-corrected chi connectivity index (χ0v) is 13.9. The number of aromatic nitrogens is 1. The second kappa shape index (κ2) is 8.85. The number of halogens is 2. The number of pyridine rings is 1. The Hall–Kier alpha value is -2.65. The number of nitriles is 1. The van der Waals surface area contributed by atoms with Crippen LogP contribution in [0.2, 0.25) is 5.15 Å². The molecule has 1 aromatic heterocycles. The molecular weight excluding hydrogens is 329 g/mol. The van der Waals surface area contributed by atoms with Gasteiger partial charge in [-0.15, -0.1) is 0 Å². The summed E-state index contributed by atoms with van der Waals surface area (Å²) < 4.78 is 13.7. The predicted molar refractivity (Wildman–Crippen MR) is 92.3 cm³/mol. The van der Waals surface area contributed by atoms with Crippen LogP contribution in [0.25, 0.3) is 0 Å². The Balaban J connectivity index is 1.84. The Labute approximate surface area is 145 Å². The third-order valence-electron chi connectivity index (χ3n) is 3.34. The summed E-state index contributed by atoms with van der Waals surface area (Å²) in [6, 6.07) is 9.92. The lowest BCUT2D eigenvalue weighted by Gasteiger charge is -2.12.